The van der Waals surface area contributed by atoms with Gasteiger partial charge in [-0.05, 0) is 163 Å². The minimum absolute atomic E-state index is 0.0368. The van der Waals surface area contributed by atoms with Crippen molar-refractivity contribution >= 4 is 103 Å². The Morgan fingerprint density at radius 3 is 0.853 bits per heavy atom. The van der Waals surface area contributed by atoms with Crippen molar-refractivity contribution in [3.05, 3.63) is 371 Å². The molecule has 0 amide bonds. The Hall–Kier alpha value is -11.3. The maximum atomic E-state index is 15.1. The van der Waals surface area contributed by atoms with Crippen LogP contribution in [-0.2, 0) is 18.3 Å². The zero-order chi connectivity index (χ0) is 81.2. The van der Waals surface area contributed by atoms with Crippen LogP contribution in [0.3, 0.4) is 0 Å². The molecule has 16 rings (SSSR count). The lowest BCUT2D eigenvalue weighted by Crippen LogP contribution is -2.24. The number of nitrogens with zero attached hydrogens (tertiary/aromatic N) is 12. The fraction of sp³-hybridized carbons (Fsp3) is 0.196. The summed E-state index contributed by atoms with van der Waals surface area (Å²) in [6.07, 6.45) is 1.95. The number of hydrogen-bond acceptors (Lipinski definition) is 9. The van der Waals surface area contributed by atoms with Gasteiger partial charge in [0.25, 0.3) is 29.8 Å². The Bertz CT molecular complexity index is 5280. The molecule has 4 aliphatic rings. The summed E-state index contributed by atoms with van der Waals surface area (Å²) in [5, 5.41) is 39.0. The van der Waals surface area contributed by atoms with E-state index in [4.69, 9.17) is 16.0 Å². The first-order valence-electron chi connectivity index (χ1n) is 38.3. The van der Waals surface area contributed by atoms with Crippen molar-refractivity contribution in [2.24, 2.45) is 0 Å². The molecule has 4 saturated heterocycles. The standard InChI is InChI=1S/C24H23BrN3OP.C24H23ClN3OP.C23H21FN3OP.C21H20N3O2P/c2*1-19-12-13-22(23(25)18-19)24(14-15-26)30(29)27(20-8-4-2-5-9-20)16-17-28(30)21-10-6-3-7-11-21;24-22-14-8-7-13-21(22)23(15-16-25)29(28)26(19-9-3-1-4-10-19)17-18-27(29)20-11-5-2-6-12-20;22-14-13-21(20-12-7-17-26-20)27(25)23(18-8-3-1-4-9-18)15-16-24(27)19-10-5-2-6-11-19/h2*2-13,18,24H,14,16-17H2,1H3;1-14,23H,15,17-18H2;1-12,17,21H,13,15-16H2. The molecule has 0 aliphatic carbocycles. The van der Waals surface area contributed by atoms with Crippen LogP contribution < -0.4 is 37.4 Å². The number of hydrogen-bond donors (Lipinski definition) is 0. The predicted molar refractivity (Wildman–Crippen MR) is 473 cm³/mol. The van der Waals surface area contributed by atoms with Crippen LogP contribution >= 0.6 is 57.3 Å². The van der Waals surface area contributed by atoms with Gasteiger partial charge in [-0.2, -0.15) is 21.0 Å². The topological polar surface area (TPSA) is 202 Å². The SMILES string of the molecule is Cc1ccc(C(CC#N)P2(=O)N(c3ccccc3)CCN2c2ccccc2)c(Br)c1.Cc1ccc(C(CC#N)P2(=O)N(c3ccccc3)CCN2c2ccccc2)c(Cl)c1.N#CCC(c1ccccc1F)P1(=O)N(c2ccccc2)CCN1c1ccccc1.N#CCC(c1ccco1)P1(=O)N(c2ccccc2)CCN1c1ccccc1. The molecule has 1 aromatic heterocycles. The Labute approximate surface area is 692 Å². The molecule has 586 valence electrons. The van der Waals surface area contributed by atoms with Gasteiger partial charge in [0.05, 0.1) is 73.2 Å². The summed E-state index contributed by atoms with van der Waals surface area (Å²) in [5.74, 6) is 0.152. The fourth-order valence-corrected chi connectivity index (χ4v) is 31.3. The van der Waals surface area contributed by atoms with Crippen molar-refractivity contribution in [2.75, 3.05) is 89.7 Å². The molecular weight excluding hydrogens is 1610 g/mol. The molecule has 0 spiro atoms. The van der Waals surface area contributed by atoms with Crippen molar-refractivity contribution in [1.29, 1.82) is 21.0 Å². The van der Waals surface area contributed by atoms with Crippen LogP contribution in [0.5, 0.6) is 0 Å². The first kappa shape index (κ1) is 82.7. The van der Waals surface area contributed by atoms with Gasteiger partial charge in [-0.3, -0.25) is 18.3 Å². The second-order valence-electron chi connectivity index (χ2n) is 28.1. The fourth-order valence-electron chi connectivity index (χ4n) is 15.9. The number of halogens is 3. The molecule has 0 radical (unpaired) electrons. The molecule has 24 heteroatoms. The van der Waals surface area contributed by atoms with Crippen LogP contribution in [0.25, 0.3) is 0 Å². The first-order chi connectivity index (χ1) is 56.5. The van der Waals surface area contributed by atoms with Gasteiger partial charge < -0.3 is 41.8 Å². The predicted octanol–water partition coefficient (Wildman–Crippen LogP) is 25.2. The van der Waals surface area contributed by atoms with E-state index in [1.54, 1.807) is 30.5 Å². The van der Waals surface area contributed by atoms with Gasteiger partial charge in [-0.25, -0.2) is 4.39 Å². The van der Waals surface area contributed by atoms with Crippen molar-refractivity contribution in [1.82, 2.24) is 0 Å². The molecule has 0 N–H and O–H groups in total. The van der Waals surface area contributed by atoms with Gasteiger partial charge in [0.15, 0.2) is 0 Å². The van der Waals surface area contributed by atoms with E-state index in [0.717, 1.165) is 72.2 Å². The molecule has 5 heterocycles. The third-order valence-electron chi connectivity index (χ3n) is 21.2. The zero-order valence-corrected chi connectivity index (χ0v) is 70.1. The van der Waals surface area contributed by atoms with Crippen LogP contribution in [0, 0.1) is 65.0 Å². The van der Waals surface area contributed by atoms with Crippen LogP contribution in [0.15, 0.2) is 331 Å². The van der Waals surface area contributed by atoms with E-state index in [9.17, 15) is 34.6 Å². The summed E-state index contributed by atoms with van der Waals surface area (Å²) >= 11 is 10.3. The second kappa shape index (κ2) is 38.0. The average molecular weight is 1700 g/mol. The summed E-state index contributed by atoms with van der Waals surface area (Å²) in [7, 11) is -13.1. The number of anilines is 8. The third-order valence-corrected chi connectivity index (χ3v) is 36.3. The molecule has 0 bridgehead atoms. The van der Waals surface area contributed by atoms with Gasteiger partial charge in [-0.1, -0.05) is 216 Å². The summed E-state index contributed by atoms with van der Waals surface area (Å²) in [5.41, 5.74) is 8.92. The highest BCUT2D eigenvalue weighted by Gasteiger charge is 2.55. The van der Waals surface area contributed by atoms with E-state index in [1.807, 2.05) is 336 Å². The van der Waals surface area contributed by atoms with E-state index in [1.165, 1.54) is 6.07 Å². The van der Waals surface area contributed by atoms with Crippen molar-refractivity contribution in [3.63, 3.8) is 0 Å². The molecule has 4 atom stereocenters. The van der Waals surface area contributed by atoms with Crippen molar-refractivity contribution in [2.45, 2.75) is 62.2 Å². The Kier molecular flexibility index (Phi) is 27.1. The monoisotopic (exact) mass is 1700 g/mol. The highest BCUT2D eigenvalue weighted by molar-refractivity contribution is 9.10. The van der Waals surface area contributed by atoms with E-state index < -0.39 is 58.2 Å². The number of benzene rings is 11. The highest BCUT2D eigenvalue weighted by Crippen LogP contribution is 2.74. The Balaban J connectivity index is 0.000000135. The smallest absolute Gasteiger partial charge is 0.274 e. The maximum absolute atomic E-state index is 15.1. The van der Waals surface area contributed by atoms with E-state index in [-0.39, 0.29) is 25.7 Å². The first-order valence-corrected chi connectivity index (χ1v) is 46.2. The molecule has 4 aliphatic heterocycles. The number of furan rings is 1. The van der Waals surface area contributed by atoms with Gasteiger partial charge in [0.2, 0.25) is 0 Å². The molecule has 4 unspecified atom stereocenters. The summed E-state index contributed by atoms with van der Waals surface area (Å²) in [4.78, 5) is 0. The summed E-state index contributed by atoms with van der Waals surface area (Å²) < 4.78 is 96.7. The average Bonchev–Trinajstić information content (AvgIpc) is 1.53. The number of para-hydroxylation sites is 8. The lowest BCUT2D eigenvalue weighted by Gasteiger charge is -2.38. The molecule has 116 heavy (non-hydrogen) atoms. The van der Waals surface area contributed by atoms with Crippen LogP contribution in [0.4, 0.5) is 49.9 Å². The normalized spacial score (nSPS) is 16.5. The number of nitriles is 4. The van der Waals surface area contributed by atoms with Crippen molar-refractivity contribution in [3.8, 4) is 24.3 Å². The van der Waals surface area contributed by atoms with Crippen LogP contribution in [0.2, 0.25) is 5.02 Å². The Morgan fingerprint density at radius 1 is 0.336 bits per heavy atom. The van der Waals surface area contributed by atoms with E-state index in [2.05, 4.69) is 40.2 Å². The molecule has 11 aromatic carbocycles. The molecule has 4 fully saturated rings. The summed E-state index contributed by atoms with van der Waals surface area (Å²) in [6.45, 7) is 8.82. The van der Waals surface area contributed by atoms with Gasteiger partial charge in [0, 0.05) is 113 Å². The van der Waals surface area contributed by atoms with Crippen LogP contribution in [0.1, 0.15) is 81.9 Å². The largest absolute Gasteiger partial charge is 0.468 e. The maximum Gasteiger partial charge on any atom is 0.274 e. The lowest BCUT2D eigenvalue weighted by atomic mass is 10.1. The quantitative estimate of drug-likeness (QED) is 0.0651. The van der Waals surface area contributed by atoms with Crippen LogP contribution in [-0.4, -0.2) is 52.4 Å². The second-order valence-corrected chi connectivity index (χ2v) is 40.5. The molecular formula is C92H87BrClFN12O5P4. The third kappa shape index (κ3) is 17.2. The lowest BCUT2D eigenvalue weighted by molar-refractivity contribution is 0.490. The van der Waals surface area contributed by atoms with Gasteiger partial charge in [0.1, 0.15) is 17.2 Å². The zero-order valence-electron chi connectivity index (χ0n) is 64.2. The van der Waals surface area contributed by atoms with Gasteiger partial charge >= 0.3 is 0 Å². The van der Waals surface area contributed by atoms with E-state index >= 15 is 9.13 Å². The minimum Gasteiger partial charge on any atom is -0.468 e. The molecule has 0 saturated carbocycles. The summed E-state index contributed by atoms with van der Waals surface area (Å²) in [6, 6.07) is 109. The number of aryl methyl sites for hydroxylation is 2. The minimum atomic E-state index is -3.41. The van der Waals surface area contributed by atoms with E-state index in [0.29, 0.717) is 68.7 Å². The Morgan fingerprint density at radius 2 is 0.586 bits per heavy atom. The highest BCUT2D eigenvalue weighted by atomic mass is 79.9. The molecule has 12 aromatic rings. The van der Waals surface area contributed by atoms with Gasteiger partial charge in [-0.15, -0.1) is 0 Å². The van der Waals surface area contributed by atoms with Crippen molar-refractivity contribution < 1.29 is 27.1 Å². The molecule has 17 nitrogen and oxygen atoms in total. The number of rotatable bonds is 20.